The zero-order chi connectivity index (χ0) is 14.6. The number of methoxy groups -OCH3 is 3. The minimum atomic E-state index is -1.74. The molecule has 2 atom stereocenters. The van der Waals surface area contributed by atoms with E-state index in [2.05, 4.69) is 0 Å². The summed E-state index contributed by atoms with van der Waals surface area (Å²) in [6, 6.07) is 2.89. The molecule has 0 radical (unpaired) electrons. The molecule has 1 aromatic rings. The van der Waals surface area contributed by atoms with E-state index in [4.69, 9.17) is 19.9 Å². The molecule has 0 aromatic heterocycles. The van der Waals surface area contributed by atoms with Gasteiger partial charge in [-0.25, -0.2) is 0 Å². The zero-order valence-corrected chi connectivity index (χ0v) is 10.9. The first-order chi connectivity index (χ1) is 8.96. The second-order valence-electron chi connectivity index (χ2n) is 3.74. The van der Waals surface area contributed by atoms with E-state index < -0.39 is 18.1 Å². The van der Waals surface area contributed by atoms with Crippen LogP contribution in [0.4, 0.5) is 0 Å². The quantitative estimate of drug-likeness (QED) is 0.648. The summed E-state index contributed by atoms with van der Waals surface area (Å²) in [5.41, 5.74) is 5.12. The minimum absolute atomic E-state index is 0.173. The van der Waals surface area contributed by atoms with Gasteiger partial charge >= 0.3 is 0 Å². The van der Waals surface area contributed by atoms with Crippen molar-refractivity contribution in [2.45, 2.75) is 12.2 Å². The first kappa shape index (κ1) is 15.1. The van der Waals surface area contributed by atoms with E-state index in [1.165, 1.54) is 33.5 Å². The molecule has 1 aromatic carbocycles. The Bertz CT molecular complexity index is 462. The molecular formula is C12H17NO6. The summed E-state index contributed by atoms with van der Waals surface area (Å²) in [7, 11) is 4.25. The van der Waals surface area contributed by atoms with Gasteiger partial charge in [-0.3, -0.25) is 4.79 Å². The number of hydrogen-bond acceptors (Lipinski definition) is 6. The molecule has 4 N–H and O–H groups in total. The molecule has 0 aliphatic carbocycles. The van der Waals surface area contributed by atoms with Gasteiger partial charge in [0.15, 0.2) is 17.6 Å². The average molecular weight is 271 g/mol. The van der Waals surface area contributed by atoms with Crippen LogP contribution in [0.2, 0.25) is 0 Å². The van der Waals surface area contributed by atoms with Crippen molar-refractivity contribution in [3.05, 3.63) is 17.7 Å². The number of aliphatic hydroxyl groups is 2. The van der Waals surface area contributed by atoms with Crippen LogP contribution in [0.1, 0.15) is 11.7 Å². The first-order valence-corrected chi connectivity index (χ1v) is 5.41. The molecule has 1 rings (SSSR count). The van der Waals surface area contributed by atoms with Crippen molar-refractivity contribution in [2.24, 2.45) is 5.73 Å². The molecule has 7 nitrogen and oxygen atoms in total. The molecule has 7 heteroatoms. The predicted molar refractivity (Wildman–Crippen MR) is 66.3 cm³/mol. The lowest BCUT2D eigenvalue weighted by Crippen LogP contribution is -2.34. The van der Waals surface area contributed by atoms with Crippen LogP contribution in [0.25, 0.3) is 0 Å². The number of aliphatic hydroxyl groups excluding tert-OH is 2. The Labute approximate surface area is 110 Å². The van der Waals surface area contributed by atoms with Crippen LogP contribution in [0.15, 0.2) is 12.1 Å². The number of amides is 1. The summed E-state index contributed by atoms with van der Waals surface area (Å²) in [5, 5.41) is 19.4. The highest BCUT2D eigenvalue weighted by atomic mass is 16.5. The maximum Gasteiger partial charge on any atom is 0.249 e. The lowest BCUT2D eigenvalue weighted by Gasteiger charge is -2.20. The zero-order valence-electron chi connectivity index (χ0n) is 10.9. The second kappa shape index (κ2) is 6.26. The molecule has 0 bridgehead atoms. The van der Waals surface area contributed by atoms with Crippen LogP contribution in [0, 0.1) is 0 Å². The normalized spacial score (nSPS) is 13.5. The van der Waals surface area contributed by atoms with Gasteiger partial charge < -0.3 is 30.2 Å². The van der Waals surface area contributed by atoms with Gasteiger partial charge in [-0.15, -0.1) is 0 Å². The number of rotatable bonds is 6. The Kier molecular flexibility index (Phi) is 4.96. The van der Waals surface area contributed by atoms with Crippen molar-refractivity contribution in [2.75, 3.05) is 21.3 Å². The van der Waals surface area contributed by atoms with Crippen molar-refractivity contribution in [1.29, 1.82) is 0 Å². The topological polar surface area (TPSA) is 111 Å². The first-order valence-electron chi connectivity index (χ1n) is 5.41. The van der Waals surface area contributed by atoms with Gasteiger partial charge in [0.05, 0.1) is 21.3 Å². The largest absolute Gasteiger partial charge is 0.496 e. The summed E-state index contributed by atoms with van der Waals surface area (Å²) in [5.74, 6) is -0.0762. The Hall–Kier alpha value is -1.99. The number of carbonyl (C=O) groups excluding carboxylic acids is 1. The third-order valence-electron chi connectivity index (χ3n) is 2.65. The van der Waals surface area contributed by atoms with Crippen molar-refractivity contribution in [3.8, 4) is 17.2 Å². The monoisotopic (exact) mass is 271 g/mol. The highest BCUT2D eigenvalue weighted by molar-refractivity contribution is 5.79. The molecule has 0 spiro atoms. The molecule has 1 amide bonds. The number of nitrogens with two attached hydrogens (primary N) is 1. The third kappa shape index (κ3) is 3.07. The summed E-state index contributed by atoms with van der Waals surface area (Å²) >= 11 is 0. The molecule has 19 heavy (non-hydrogen) atoms. The standard InChI is InChI=1S/C12H17NO6/c1-17-7-5-9(19-3)8(18-2)4-6(7)10(14)11(15)12(13)16/h4-5,10-11,14-15H,1-3H3,(H2,13,16). The number of hydrogen-bond donors (Lipinski definition) is 3. The maximum atomic E-state index is 10.9. The predicted octanol–water partition coefficient (Wildman–Crippen LogP) is -0.408. The summed E-state index contributed by atoms with van der Waals surface area (Å²) in [6.45, 7) is 0. The van der Waals surface area contributed by atoms with E-state index in [1.54, 1.807) is 0 Å². The van der Waals surface area contributed by atoms with E-state index in [0.29, 0.717) is 11.5 Å². The fourth-order valence-corrected chi connectivity index (χ4v) is 1.61. The fourth-order valence-electron chi connectivity index (χ4n) is 1.61. The van der Waals surface area contributed by atoms with Gasteiger partial charge in [0.1, 0.15) is 11.9 Å². The lowest BCUT2D eigenvalue weighted by molar-refractivity contribution is -0.132. The van der Waals surface area contributed by atoms with E-state index in [1.807, 2.05) is 0 Å². The van der Waals surface area contributed by atoms with E-state index in [-0.39, 0.29) is 11.3 Å². The highest BCUT2D eigenvalue weighted by Crippen LogP contribution is 2.38. The molecule has 0 heterocycles. The van der Waals surface area contributed by atoms with Crippen LogP contribution in [-0.4, -0.2) is 43.6 Å². The number of ether oxygens (including phenoxy) is 3. The van der Waals surface area contributed by atoms with Crippen LogP contribution >= 0.6 is 0 Å². The average Bonchev–Trinajstić information content (AvgIpc) is 2.43. The van der Waals surface area contributed by atoms with Crippen LogP contribution in [0.3, 0.4) is 0 Å². The van der Waals surface area contributed by atoms with Crippen molar-refractivity contribution in [1.82, 2.24) is 0 Å². The molecule has 0 saturated carbocycles. The summed E-state index contributed by atoms with van der Waals surface area (Å²) in [6.07, 6.45) is -3.26. The van der Waals surface area contributed by atoms with Gasteiger partial charge in [-0.1, -0.05) is 0 Å². The molecule has 0 aliphatic heterocycles. The Morgan fingerprint density at radius 3 is 1.95 bits per heavy atom. The van der Waals surface area contributed by atoms with Crippen LogP contribution in [0.5, 0.6) is 17.2 Å². The van der Waals surface area contributed by atoms with Gasteiger partial charge in [-0.2, -0.15) is 0 Å². The SMILES string of the molecule is COc1cc(OC)c(C(O)C(O)C(N)=O)cc1OC. The highest BCUT2D eigenvalue weighted by Gasteiger charge is 2.27. The Balaban J connectivity index is 3.29. The second-order valence-corrected chi connectivity index (χ2v) is 3.74. The molecular weight excluding hydrogens is 254 g/mol. The summed E-state index contributed by atoms with van der Waals surface area (Å²) in [4.78, 5) is 10.9. The van der Waals surface area contributed by atoms with Gasteiger partial charge in [0.25, 0.3) is 0 Å². The maximum absolute atomic E-state index is 10.9. The molecule has 0 saturated heterocycles. The summed E-state index contributed by atoms with van der Waals surface area (Å²) < 4.78 is 15.2. The van der Waals surface area contributed by atoms with E-state index in [9.17, 15) is 15.0 Å². The number of primary amides is 1. The van der Waals surface area contributed by atoms with Gasteiger partial charge in [0.2, 0.25) is 5.91 Å². The molecule has 0 fully saturated rings. The smallest absolute Gasteiger partial charge is 0.249 e. The Morgan fingerprint density at radius 1 is 1.05 bits per heavy atom. The van der Waals surface area contributed by atoms with E-state index in [0.717, 1.165) is 0 Å². The van der Waals surface area contributed by atoms with Crippen LogP contribution in [-0.2, 0) is 4.79 Å². The Morgan fingerprint density at radius 2 is 1.53 bits per heavy atom. The van der Waals surface area contributed by atoms with Crippen molar-refractivity contribution in [3.63, 3.8) is 0 Å². The molecule has 2 unspecified atom stereocenters. The third-order valence-corrected chi connectivity index (χ3v) is 2.65. The van der Waals surface area contributed by atoms with Gasteiger partial charge in [-0.05, 0) is 6.07 Å². The van der Waals surface area contributed by atoms with Gasteiger partial charge in [0, 0.05) is 11.6 Å². The number of benzene rings is 1. The van der Waals surface area contributed by atoms with Crippen LogP contribution < -0.4 is 19.9 Å². The lowest BCUT2D eigenvalue weighted by atomic mass is 10.0. The van der Waals surface area contributed by atoms with E-state index >= 15 is 0 Å². The fraction of sp³-hybridized carbons (Fsp3) is 0.417. The number of carbonyl (C=O) groups is 1. The minimum Gasteiger partial charge on any atom is -0.496 e. The van der Waals surface area contributed by atoms with Crippen molar-refractivity contribution >= 4 is 5.91 Å². The van der Waals surface area contributed by atoms with Crippen molar-refractivity contribution < 1.29 is 29.2 Å². The molecule has 0 aliphatic rings. The molecule has 106 valence electrons.